The molecule has 2 aromatic rings. The van der Waals surface area contributed by atoms with Crippen molar-refractivity contribution in [2.45, 2.75) is 38.3 Å². The summed E-state index contributed by atoms with van der Waals surface area (Å²) in [5.74, 6) is 2.01. The van der Waals surface area contributed by atoms with Crippen molar-refractivity contribution in [1.82, 2.24) is 9.88 Å². The predicted molar refractivity (Wildman–Crippen MR) is 108 cm³/mol. The van der Waals surface area contributed by atoms with Gasteiger partial charge in [-0.3, -0.25) is 9.88 Å². The molecule has 1 N–H and O–H groups in total. The first-order valence-corrected chi connectivity index (χ1v) is 10.3. The number of pyridine rings is 1. The number of methoxy groups -OCH3 is 1. The second kappa shape index (κ2) is 8.10. The maximum absolute atomic E-state index is 11.7. The van der Waals surface area contributed by atoms with Crippen molar-refractivity contribution in [3.05, 3.63) is 53.9 Å². The molecule has 3 atom stereocenters. The van der Waals surface area contributed by atoms with Gasteiger partial charge in [-0.1, -0.05) is 18.6 Å². The van der Waals surface area contributed by atoms with Crippen LogP contribution < -0.4 is 9.47 Å². The van der Waals surface area contributed by atoms with Gasteiger partial charge in [-0.15, -0.1) is 0 Å². The first-order valence-electron chi connectivity index (χ1n) is 10.3. The maximum atomic E-state index is 11.7. The van der Waals surface area contributed by atoms with E-state index in [0.717, 1.165) is 49.7 Å². The van der Waals surface area contributed by atoms with E-state index < -0.39 is 5.60 Å². The molecule has 4 rings (SSSR count). The van der Waals surface area contributed by atoms with Gasteiger partial charge in [0.25, 0.3) is 0 Å². The molecule has 1 saturated heterocycles. The highest BCUT2D eigenvalue weighted by Gasteiger charge is 2.52. The summed E-state index contributed by atoms with van der Waals surface area (Å²) in [5.41, 5.74) is 1.25. The Labute approximate surface area is 167 Å². The van der Waals surface area contributed by atoms with E-state index in [4.69, 9.17) is 9.47 Å². The molecule has 1 unspecified atom stereocenters. The summed E-state index contributed by atoms with van der Waals surface area (Å²) in [5, 5.41) is 11.7. The second-order valence-electron chi connectivity index (χ2n) is 7.98. The molecule has 2 bridgehead atoms. The lowest BCUT2D eigenvalue weighted by atomic mass is 9.64. The molecule has 1 aliphatic heterocycles. The van der Waals surface area contributed by atoms with Crippen molar-refractivity contribution in [1.29, 1.82) is 0 Å². The Balaban J connectivity index is 1.52. The Morgan fingerprint density at radius 1 is 1.14 bits per heavy atom. The van der Waals surface area contributed by atoms with E-state index in [1.165, 1.54) is 12.0 Å². The number of aromatic nitrogens is 1. The first-order chi connectivity index (χ1) is 13.6. The van der Waals surface area contributed by atoms with Crippen molar-refractivity contribution >= 4 is 0 Å². The molecule has 0 amide bonds. The molecule has 5 heteroatoms. The lowest BCUT2D eigenvalue weighted by Crippen LogP contribution is -2.58. The zero-order valence-corrected chi connectivity index (χ0v) is 16.8. The topological polar surface area (TPSA) is 54.8 Å². The monoisotopic (exact) mass is 382 g/mol. The number of likely N-dealkylation sites (tertiary alicyclic amines) is 1. The minimum Gasteiger partial charge on any atom is -0.493 e. The van der Waals surface area contributed by atoms with Crippen LogP contribution in [-0.4, -0.2) is 41.8 Å². The Hall–Kier alpha value is -2.11. The summed E-state index contributed by atoms with van der Waals surface area (Å²) in [4.78, 5) is 6.99. The summed E-state index contributed by atoms with van der Waals surface area (Å²) >= 11 is 0. The van der Waals surface area contributed by atoms with Crippen LogP contribution in [0.3, 0.4) is 0 Å². The number of piperidine rings is 1. The number of benzene rings is 1. The van der Waals surface area contributed by atoms with Gasteiger partial charge in [0.1, 0.15) is 5.60 Å². The second-order valence-corrected chi connectivity index (χ2v) is 7.98. The van der Waals surface area contributed by atoms with Gasteiger partial charge in [0, 0.05) is 37.7 Å². The van der Waals surface area contributed by atoms with E-state index in [0.29, 0.717) is 6.61 Å². The summed E-state index contributed by atoms with van der Waals surface area (Å²) < 4.78 is 11.1. The summed E-state index contributed by atoms with van der Waals surface area (Å²) in [6, 6.07) is 12.1. The molecule has 1 aromatic carbocycles. The van der Waals surface area contributed by atoms with Gasteiger partial charge in [0.15, 0.2) is 11.5 Å². The summed E-state index contributed by atoms with van der Waals surface area (Å²) in [7, 11) is 1.68. The number of ether oxygens (including phenoxy) is 2. The molecule has 0 radical (unpaired) electrons. The van der Waals surface area contributed by atoms with Gasteiger partial charge in [0.05, 0.1) is 19.4 Å². The minimum atomic E-state index is -0.799. The Morgan fingerprint density at radius 2 is 1.93 bits per heavy atom. The van der Waals surface area contributed by atoms with Crippen LogP contribution in [0.2, 0.25) is 0 Å². The SMILES string of the molecule is CCOc1ccc(CN2C[C@H]3CCC[C@@H](C2)C3(O)c2ccccn2)cc1OC. The molecular weight excluding hydrogens is 352 g/mol. The number of hydrogen-bond donors (Lipinski definition) is 1. The van der Waals surface area contributed by atoms with E-state index in [9.17, 15) is 5.11 Å². The lowest BCUT2D eigenvalue weighted by Gasteiger charge is -2.52. The molecular formula is C23H30N2O3. The molecule has 1 aliphatic carbocycles. The van der Waals surface area contributed by atoms with Gasteiger partial charge in [-0.25, -0.2) is 0 Å². The van der Waals surface area contributed by atoms with Crippen LogP contribution in [0.5, 0.6) is 11.5 Å². The predicted octanol–water partition coefficient (Wildman–Crippen LogP) is 3.61. The van der Waals surface area contributed by atoms with Crippen molar-refractivity contribution in [2.75, 3.05) is 26.8 Å². The molecule has 1 saturated carbocycles. The average Bonchev–Trinajstić information content (AvgIpc) is 2.71. The van der Waals surface area contributed by atoms with E-state index in [-0.39, 0.29) is 11.8 Å². The molecule has 150 valence electrons. The van der Waals surface area contributed by atoms with Crippen molar-refractivity contribution in [2.24, 2.45) is 11.8 Å². The van der Waals surface area contributed by atoms with Gasteiger partial charge < -0.3 is 14.6 Å². The highest BCUT2D eigenvalue weighted by molar-refractivity contribution is 5.43. The zero-order valence-electron chi connectivity index (χ0n) is 16.8. The third kappa shape index (κ3) is 3.49. The van der Waals surface area contributed by atoms with Crippen molar-refractivity contribution < 1.29 is 14.6 Å². The van der Waals surface area contributed by atoms with Crippen LogP contribution >= 0.6 is 0 Å². The normalized spacial score (nSPS) is 27.4. The van der Waals surface area contributed by atoms with Gasteiger partial charge in [-0.05, 0) is 49.6 Å². The average molecular weight is 383 g/mol. The fraction of sp³-hybridized carbons (Fsp3) is 0.522. The van der Waals surface area contributed by atoms with Gasteiger partial charge >= 0.3 is 0 Å². The zero-order chi connectivity index (χ0) is 19.6. The standard InChI is InChI=1S/C23H30N2O3/c1-3-28-20-11-10-17(13-21(20)27-2)14-25-15-18-7-6-8-19(16-25)23(18,26)22-9-4-5-12-24-22/h4-5,9-13,18-19,26H,3,6-8,14-16H2,1-2H3/t18-,19+,23?. The van der Waals surface area contributed by atoms with Crippen LogP contribution in [0.15, 0.2) is 42.6 Å². The number of hydrogen-bond acceptors (Lipinski definition) is 5. The lowest BCUT2D eigenvalue weighted by molar-refractivity contribution is -0.151. The molecule has 2 aliphatic rings. The number of aliphatic hydroxyl groups is 1. The van der Waals surface area contributed by atoms with Crippen LogP contribution in [0.4, 0.5) is 0 Å². The molecule has 0 spiro atoms. The highest BCUT2D eigenvalue weighted by Crippen LogP contribution is 2.48. The first kappa shape index (κ1) is 19.2. The summed E-state index contributed by atoms with van der Waals surface area (Å²) in [6.45, 7) is 5.23. The van der Waals surface area contributed by atoms with Crippen LogP contribution in [-0.2, 0) is 12.1 Å². The van der Waals surface area contributed by atoms with Crippen molar-refractivity contribution in [3.63, 3.8) is 0 Å². The smallest absolute Gasteiger partial charge is 0.161 e. The van der Waals surface area contributed by atoms with E-state index in [1.807, 2.05) is 31.2 Å². The van der Waals surface area contributed by atoms with E-state index in [2.05, 4.69) is 22.0 Å². The maximum Gasteiger partial charge on any atom is 0.161 e. The number of fused-ring (bicyclic) bond motifs is 2. The largest absolute Gasteiger partial charge is 0.493 e. The molecule has 2 heterocycles. The highest BCUT2D eigenvalue weighted by atomic mass is 16.5. The van der Waals surface area contributed by atoms with E-state index in [1.54, 1.807) is 13.3 Å². The third-order valence-electron chi connectivity index (χ3n) is 6.32. The van der Waals surface area contributed by atoms with Crippen LogP contribution in [0.25, 0.3) is 0 Å². The van der Waals surface area contributed by atoms with E-state index >= 15 is 0 Å². The van der Waals surface area contributed by atoms with Crippen molar-refractivity contribution in [3.8, 4) is 11.5 Å². The molecule has 1 aromatic heterocycles. The minimum absolute atomic E-state index is 0.222. The summed E-state index contributed by atoms with van der Waals surface area (Å²) in [6.07, 6.45) is 5.08. The Kier molecular flexibility index (Phi) is 5.56. The van der Waals surface area contributed by atoms with Crippen LogP contribution in [0.1, 0.15) is 37.4 Å². The fourth-order valence-corrected chi connectivity index (χ4v) is 5.03. The molecule has 5 nitrogen and oxygen atoms in total. The van der Waals surface area contributed by atoms with Gasteiger partial charge in [-0.2, -0.15) is 0 Å². The quantitative estimate of drug-likeness (QED) is 0.827. The van der Waals surface area contributed by atoms with Crippen LogP contribution in [0, 0.1) is 11.8 Å². The fourth-order valence-electron chi connectivity index (χ4n) is 5.03. The Bertz CT molecular complexity index is 782. The Morgan fingerprint density at radius 3 is 2.57 bits per heavy atom. The number of rotatable bonds is 6. The van der Waals surface area contributed by atoms with Gasteiger partial charge in [0.2, 0.25) is 0 Å². The molecule has 28 heavy (non-hydrogen) atoms. The third-order valence-corrected chi connectivity index (χ3v) is 6.32. The number of nitrogens with zero attached hydrogens (tertiary/aromatic N) is 2. The molecule has 2 fully saturated rings.